The molecule has 1 heterocycles. The third-order valence-electron chi connectivity index (χ3n) is 11.4. The van der Waals surface area contributed by atoms with Crippen LogP contribution >= 0.6 is 0 Å². The smallest absolute Gasteiger partial charge is 0.169 e. The summed E-state index contributed by atoms with van der Waals surface area (Å²) in [6.45, 7) is 4.58. The number of rotatable bonds is 33. The van der Waals surface area contributed by atoms with Crippen LogP contribution in [-0.4, -0.2) is 49.7 Å². The Morgan fingerprint density at radius 3 is 1.19 bits per heavy atom. The lowest BCUT2D eigenvalue weighted by Crippen LogP contribution is -2.45. The van der Waals surface area contributed by atoms with E-state index in [9.17, 15) is 0 Å². The topological polar surface area (TPSA) is 18.5 Å². The van der Waals surface area contributed by atoms with Crippen molar-refractivity contribution in [1.29, 1.82) is 0 Å². The van der Waals surface area contributed by atoms with Crippen LogP contribution in [0.2, 0.25) is 0 Å². The molecule has 0 amide bonds. The molecule has 0 bridgehead atoms. The summed E-state index contributed by atoms with van der Waals surface area (Å²) in [6.07, 6.45) is 53.0. The van der Waals surface area contributed by atoms with E-state index in [1.807, 2.05) is 0 Å². The maximum Gasteiger partial charge on any atom is 0.169 e. The highest BCUT2D eigenvalue weighted by atomic mass is 16.8. The SMILES string of the molecule is CCCCC/C=C\C/C=C\CCCCCCCCC1(CCCCCCCCCCCCCCCCCC)O[C@H]2C[C@H]([N+](C)(C)C)C[C@H]2O1. The highest BCUT2D eigenvalue weighted by Gasteiger charge is 2.53. The van der Waals surface area contributed by atoms with Crippen LogP contribution in [0.25, 0.3) is 0 Å². The molecule has 2 aliphatic rings. The molecule has 48 heavy (non-hydrogen) atoms. The van der Waals surface area contributed by atoms with Crippen molar-refractivity contribution in [2.75, 3.05) is 21.1 Å². The lowest BCUT2D eigenvalue weighted by atomic mass is 9.98. The van der Waals surface area contributed by atoms with Crippen LogP contribution < -0.4 is 0 Å². The van der Waals surface area contributed by atoms with E-state index in [0.717, 1.165) is 23.7 Å². The summed E-state index contributed by atoms with van der Waals surface area (Å²) in [5, 5.41) is 0. The molecule has 0 aromatic rings. The van der Waals surface area contributed by atoms with Crippen molar-refractivity contribution in [2.24, 2.45) is 0 Å². The summed E-state index contributed by atoms with van der Waals surface area (Å²) in [5.41, 5.74) is 0. The van der Waals surface area contributed by atoms with Crippen LogP contribution in [0, 0.1) is 0 Å². The summed E-state index contributed by atoms with van der Waals surface area (Å²) in [4.78, 5) is 0. The van der Waals surface area contributed by atoms with Gasteiger partial charge in [-0.1, -0.05) is 173 Å². The van der Waals surface area contributed by atoms with Crippen LogP contribution in [0.3, 0.4) is 0 Å². The molecule has 0 N–H and O–H groups in total. The van der Waals surface area contributed by atoms with Gasteiger partial charge in [0, 0.05) is 25.7 Å². The predicted octanol–water partition coefficient (Wildman–Crippen LogP) is 14.2. The summed E-state index contributed by atoms with van der Waals surface area (Å²) < 4.78 is 14.8. The molecule has 4 atom stereocenters. The van der Waals surface area contributed by atoms with Gasteiger partial charge >= 0.3 is 0 Å². The summed E-state index contributed by atoms with van der Waals surface area (Å²) in [7, 11) is 7.00. The van der Waals surface area contributed by atoms with Gasteiger partial charge in [0.1, 0.15) is 0 Å². The minimum Gasteiger partial charge on any atom is -0.344 e. The largest absolute Gasteiger partial charge is 0.344 e. The van der Waals surface area contributed by atoms with E-state index >= 15 is 0 Å². The van der Waals surface area contributed by atoms with Gasteiger partial charge in [-0.15, -0.1) is 0 Å². The lowest BCUT2D eigenvalue weighted by Gasteiger charge is -2.34. The zero-order valence-corrected chi connectivity index (χ0v) is 33.4. The van der Waals surface area contributed by atoms with Gasteiger partial charge in [0.05, 0.1) is 39.4 Å². The zero-order chi connectivity index (χ0) is 34.6. The molecule has 0 aromatic carbocycles. The van der Waals surface area contributed by atoms with Crippen LogP contribution in [0.4, 0.5) is 0 Å². The maximum atomic E-state index is 6.90. The average Bonchev–Trinajstić information content (AvgIpc) is 3.61. The van der Waals surface area contributed by atoms with Gasteiger partial charge in [0.25, 0.3) is 0 Å². The van der Waals surface area contributed by atoms with Crippen LogP contribution in [-0.2, 0) is 9.47 Å². The molecule has 1 saturated carbocycles. The number of hydrogen-bond acceptors (Lipinski definition) is 2. The summed E-state index contributed by atoms with van der Waals surface area (Å²) in [5.74, 6) is -0.295. The van der Waals surface area contributed by atoms with Gasteiger partial charge in [-0.2, -0.15) is 0 Å². The van der Waals surface area contributed by atoms with Crippen molar-refractivity contribution in [3.63, 3.8) is 0 Å². The van der Waals surface area contributed by atoms with Crippen LogP contribution in [0.15, 0.2) is 24.3 Å². The first-order chi connectivity index (χ1) is 23.4. The second-order valence-electron chi connectivity index (χ2n) is 16.9. The molecule has 0 spiro atoms. The number of hydrogen-bond donors (Lipinski definition) is 0. The quantitative estimate of drug-likeness (QED) is 0.0392. The first kappa shape index (κ1) is 43.5. The van der Waals surface area contributed by atoms with Crippen molar-refractivity contribution in [3.05, 3.63) is 24.3 Å². The Morgan fingerprint density at radius 2 is 0.792 bits per heavy atom. The standard InChI is InChI=1S/C45H86NO2/c1-6-8-10-12-14-16-18-20-22-24-26-28-30-32-34-36-38-45(47-43-40-42(46(3,4)5)41-44(43)48-45)39-37-35-33-31-29-27-25-23-21-19-17-15-13-11-9-7-2/h14,16,20,22,42-44H,6-13,15,17-19,21,23-41H2,1-5H3/q+1/b16-14-,22-20-/t42-,43-,44+,45?. The first-order valence-corrected chi connectivity index (χ1v) is 21.9. The molecule has 1 aliphatic heterocycles. The monoisotopic (exact) mass is 673 g/mol. The molecular weight excluding hydrogens is 587 g/mol. The zero-order valence-electron chi connectivity index (χ0n) is 33.4. The molecule has 0 aromatic heterocycles. The molecule has 1 unspecified atom stereocenters. The number of nitrogens with zero attached hydrogens (tertiary/aromatic N) is 1. The molecule has 3 heteroatoms. The number of ether oxygens (including phenoxy) is 2. The Bertz CT molecular complexity index is 768. The molecule has 1 saturated heterocycles. The minimum atomic E-state index is -0.295. The Kier molecular flexibility index (Phi) is 25.4. The molecule has 282 valence electrons. The van der Waals surface area contributed by atoms with E-state index in [1.54, 1.807) is 0 Å². The number of unbranched alkanes of at least 4 members (excludes halogenated alkanes) is 24. The average molecular weight is 673 g/mol. The van der Waals surface area contributed by atoms with E-state index in [4.69, 9.17) is 9.47 Å². The van der Waals surface area contributed by atoms with Crippen molar-refractivity contribution < 1.29 is 14.0 Å². The third-order valence-corrected chi connectivity index (χ3v) is 11.4. The molecule has 1 aliphatic carbocycles. The van der Waals surface area contributed by atoms with E-state index in [1.165, 1.54) is 186 Å². The second kappa shape index (κ2) is 28.0. The van der Waals surface area contributed by atoms with Gasteiger partial charge in [0.15, 0.2) is 5.79 Å². The van der Waals surface area contributed by atoms with Gasteiger partial charge in [-0.25, -0.2) is 0 Å². The third kappa shape index (κ3) is 20.9. The van der Waals surface area contributed by atoms with E-state index in [0.29, 0.717) is 18.2 Å². The number of quaternary nitrogens is 1. The Hall–Kier alpha value is -0.640. The van der Waals surface area contributed by atoms with Crippen molar-refractivity contribution in [2.45, 2.75) is 243 Å². The number of allylic oxidation sites excluding steroid dienone is 4. The minimum absolute atomic E-state index is 0.295. The highest BCUT2D eigenvalue weighted by Crippen LogP contribution is 2.45. The van der Waals surface area contributed by atoms with Gasteiger partial charge < -0.3 is 14.0 Å². The van der Waals surface area contributed by atoms with E-state index in [-0.39, 0.29) is 5.79 Å². The molecule has 0 radical (unpaired) electrons. The van der Waals surface area contributed by atoms with Crippen molar-refractivity contribution in [1.82, 2.24) is 0 Å². The molecule has 2 rings (SSSR count). The Balaban J connectivity index is 1.55. The maximum absolute atomic E-state index is 6.90. The molecule has 3 nitrogen and oxygen atoms in total. The second-order valence-corrected chi connectivity index (χ2v) is 16.9. The van der Waals surface area contributed by atoms with Crippen molar-refractivity contribution >= 4 is 0 Å². The summed E-state index contributed by atoms with van der Waals surface area (Å²) >= 11 is 0. The fourth-order valence-corrected chi connectivity index (χ4v) is 8.08. The van der Waals surface area contributed by atoms with Gasteiger partial charge in [0.2, 0.25) is 0 Å². The Labute approximate surface area is 302 Å². The fraction of sp³-hybridized carbons (Fsp3) is 0.911. The lowest BCUT2D eigenvalue weighted by molar-refractivity contribution is -0.895. The Morgan fingerprint density at radius 1 is 0.458 bits per heavy atom. The van der Waals surface area contributed by atoms with Gasteiger partial charge in [-0.05, 0) is 44.9 Å². The normalized spacial score (nSPS) is 22.9. The highest BCUT2D eigenvalue weighted by molar-refractivity contribution is 4.95. The van der Waals surface area contributed by atoms with E-state index < -0.39 is 0 Å². The van der Waals surface area contributed by atoms with Crippen molar-refractivity contribution in [3.8, 4) is 0 Å². The summed E-state index contributed by atoms with van der Waals surface area (Å²) in [6, 6.07) is 0.662. The fourth-order valence-electron chi connectivity index (χ4n) is 8.08. The van der Waals surface area contributed by atoms with Gasteiger partial charge in [-0.3, -0.25) is 0 Å². The number of fused-ring (bicyclic) bond motifs is 1. The first-order valence-electron chi connectivity index (χ1n) is 21.9. The molecular formula is C45H86NO2+. The van der Waals surface area contributed by atoms with E-state index in [2.05, 4.69) is 59.3 Å². The predicted molar refractivity (Wildman–Crippen MR) is 212 cm³/mol. The molecule has 2 fully saturated rings. The van der Waals surface area contributed by atoms with Crippen LogP contribution in [0.1, 0.15) is 219 Å². The van der Waals surface area contributed by atoms with Crippen LogP contribution in [0.5, 0.6) is 0 Å².